The number of anilines is 1. The fourth-order valence-electron chi connectivity index (χ4n) is 4.52. The van der Waals surface area contributed by atoms with E-state index in [1.165, 1.54) is 31.3 Å². The number of rotatable bonds is 3. The van der Waals surface area contributed by atoms with Crippen LogP contribution in [-0.4, -0.2) is 49.7 Å². The summed E-state index contributed by atoms with van der Waals surface area (Å²) in [5.74, 6) is 2.03. The summed E-state index contributed by atoms with van der Waals surface area (Å²) in [4.78, 5) is 20.7. The van der Waals surface area contributed by atoms with Crippen LogP contribution >= 0.6 is 0 Å². The van der Waals surface area contributed by atoms with Crippen molar-refractivity contribution in [3.05, 3.63) is 60.8 Å². The van der Waals surface area contributed by atoms with Crippen molar-refractivity contribution >= 4 is 17.0 Å². The molecule has 6 heterocycles. The Balaban J connectivity index is 1.53. The predicted molar refractivity (Wildman–Crippen MR) is 112 cm³/mol. The van der Waals surface area contributed by atoms with Crippen molar-refractivity contribution in [1.82, 2.24) is 29.8 Å². The molecule has 1 N–H and O–H groups in total. The Morgan fingerprint density at radius 2 is 1.87 bits per heavy atom. The second kappa shape index (κ2) is 6.84. The minimum atomic E-state index is -0.280. The van der Waals surface area contributed by atoms with Crippen LogP contribution in [0.3, 0.4) is 0 Å². The van der Waals surface area contributed by atoms with Crippen LogP contribution < -0.4 is 10.2 Å². The van der Waals surface area contributed by atoms with Gasteiger partial charge in [0, 0.05) is 36.9 Å². The van der Waals surface area contributed by atoms with Gasteiger partial charge in [0.05, 0.1) is 0 Å². The first-order valence-corrected chi connectivity index (χ1v) is 10.2. The number of imidazole rings is 1. The summed E-state index contributed by atoms with van der Waals surface area (Å²) in [5, 5.41) is 3.59. The van der Waals surface area contributed by atoms with Crippen molar-refractivity contribution < 1.29 is 4.39 Å². The van der Waals surface area contributed by atoms with Crippen LogP contribution in [0.25, 0.3) is 28.4 Å². The van der Waals surface area contributed by atoms with Gasteiger partial charge in [-0.2, -0.15) is 0 Å². The van der Waals surface area contributed by atoms with Crippen LogP contribution in [0.2, 0.25) is 0 Å². The van der Waals surface area contributed by atoms with Gasteiger partial charge in [-0.25, -0.2) is 24.3 Å². The molecular formula is C22H20FN7. The van der Waals surface area contributed by atoms with Gasteiger partial charge in [0.1, 0.15) is 35.1 Å². The van der Waals surface area contributed by atoms with Crippen LogP contribution in [-0.2, 0) is 0 Å². The summed E-state index contributed by atoms with van der Waals surface area (Å²) in [6.45, 7) is 1.96. The predicted octanol–water partition coefficient (Wildman–Crippen LogP) is 2.96. The average Bonchev–Trinajstić information content (AvgIpc) is 3.19. The van der Waals surface area contributed by atoms with E-state index in [0.29, 0.717) is 23.7 Å². The number of piperidine rings is 2. The Morgan fingerprint density at radius 3 is 2.57 bits per heavy atom. The van der Waals surface area contributed by atoms with Gasteiger partial charge in [-0.1, -0.05) is 0 Å². The molecule has 150 valence electrons. The Labute approximate surface area is 172 Å². The number of pyridine rings is 1. The van der Waals surface area contributed by atoms with Crippen LogP contribution in [0, 0.1) is 5.82 Å². The molecule has 3 aliphatic rings. The third-order valence-electron chi connectivity index (χ3n) is 6.03. The molecule has 4 aromatic rings. The molecule has 0 spiro atoms. The van der Waals surface area contributed by atoms with Gasteiger partial charge >= 0.3 is 0 Å². The highest BCUT2D eigenvalue weighted by Gasteiger charge is 2.34. The summed E-state index contributed by atoms with van der Waals surface area (Å²) in [7, 11) is 0. The molecule has 3 aliphatic heterocycles. The van der Waals surface area contributed by atoms with Gasteiger partial charge in [-0.05, 0) is 55.3 Å². The van der Waals surface area contributed by atoms with Crippen molar-refractivity contribution in [2.75, 3.05) is 18.0 Å². The van der Waals surface area contributed by atoms with Crippen LogP contribution in [0.15, 0.2) is 55.0 Å². The topological polar surface area (TPSA) is 71.8 Å². The molecule has 3 aromatic heterocycles. The van der Waals surface area contributed by atoms with E-state index < -0.39 is 0 Å². The number of aromatic nitrogens is 5. The van der Waals surface area contributed by atoms with Crippen molar-refractivity contribution in [3.8, 4) is 17.2 Å². The highest BCUT2D eigenvalue weighted by molar-refractivity contribution is 5.81. The molecule has 2 atom stereocenters. The zero-order chi connectivity index (χ0) is 20.1. The zero-order valence-electron chi connectivity index (χ0n) is 16.2. The molecule has 2 bridgehead atoms. The Kier molecular flexibility index (Phi) is 3.98. The SMILES string of the molecule is Fc1ccc(-c2nc3ccc(N4C[C@H]5CC[C@@H]4CN5)nc3n2-c2ccncn2)cc1. The molecule has 0 aliphatic carbocycles. The molecule has 8 heteroatoms. The highest BCUT2D eigenvalue weighted by Crippen LogP contribution is 2.31. The third-order valence-corrected chi connectivity index (χ3v) is 6.03. The quantitative estimate of drug-likeness (QED) is 0.569. The number of fused-ring (bicyclic) bond motifs is 4. The summed E-state index contributed by atoms with van der Waals surface area (Å²) in [6.07, 6.45) is 5.61. The summed E-state index contributed by atoms with van der Waals surface area (Å²) < 4.78 is 15.4. The van der Waals surface area contributed by atoms with E-state index in [9.17, 15) is 4.39 Å². The molecule has 0 saturated carbocycles. The lowest BCUT2D eigenvalue weighted by Crippen LogP contribution is -2.61. The van der Waals surface area contributed by atoms with E-state index in [-0.39, 0.29) is 5.82 Å². The Hall–Kier alpha value is -3.39. The first-order chi connectivity index (χ1) is 14.8. The molecule has 7 nitrogen and oxygen atoms in total. The first kappa shape index (κ1) is 17.5. The van der Waals surface area contributed by atoms with E-state index in [1.807, 2.05) is 16.7 Å². The summed E-state index contributed by atoms with van der Waals surface area (Å²) in [6, 6.07) is 13.2. The van der Waals surface area contributed by atoms with E-state index in [4.69, 9.17) is 9.97 Å². The number of piperazine rings is 1. The second-order valence-corrected chi connectivity index (χ2v) is 7.85. The Bertz CT molecular complexity index is 1200. The first-order valence-electron chi connectivity index (χ1n) is 10.2. The molecule has 3 saturated heterocycles. The minimum Gasteiger partial charge on any atom is -0.351 e. The molecule has 0 radical (unpaired) electrons. The lowest BCUT2D eigenvalue weighted by atomic mass is 9.93. The maximum Gasteiger partial charge on any atom is 0.168 e. The summed E-state index contributed by atoms with van der Waals surface area (Å²) in [5.41, 5.74) is 2.31. The van der Waals surface area contributed by atoms with Crippen molar-refractivity contribution in [2.45, 2.75) is 24.9 Å². The normalized spacial score (nSPS) is 20.8. The second-order valence-electron chi connectivity index (χ2n) is 7.85. The zero-order valence-corrected chi connectivity index (χ0v) is 16.2. The van der Waals surface area contributed by atoms with Gasteiger partial charge < -0.3 is 10.2 Å². The molecule has 0 amide bonds. The van der Waals surface area contributed by atoms with E-state index >= 15 is 0 Å². The van der Waals surface area contributed by atoms with Gasteiger partial charge in [0.2, 0.25) is 0 Å². The standard InChI is InChI=1S/C22H20FN7/c23-15-3-1-14(2-4-15)21-27-18-7-8-20(29-12-16-5-6-17(29)11-25-16)28-22(18)30(21)19-9-10-24-13-26-19/h1-4,7-10,13,16-17,25H,5-6,11-12H2/t16-,17-/m1/s1. The molecular weight excluding hydrogens is 381 g/mol. The lowest BCUT2D eigenvalue weighted by molar-refractivity contribution is 0.289. The average molecular weight is 401 g/mol. The minimum absolute atomic E-state index is 0.280. The van der Waals surface area contributed by atoms with Crippen molar-refractivity contribution in [3.63, 3.8) is 0 Å². The fourth-order valence-corrected chi connectivity index (χ4v) is 4.52. The number of hydrogen-bond donors (Lipinski definition) is 1. The fraction of sp³-hybridized carbons (Fsp3) is 0.273. The number of hydrogen-bond acceptors (Lipinski definition) is 6. The number of benzene rings is 1. The van der Waals surface area contributed by atoms with Crippen LogP contribution in [0.4, 0.5) is 10.2 Å². The van der Waals surface area contributed by atoms with Gasteiger partial charge in [0.25, 0.3) is 0 Å². The molecule has 3 fully saturated rings. The largest absolute Gasteiger partial charge is 0.351 e. The van der Waals surface area contributed by atoms with Crippen LogP contribution in [0.5, 0.6) is 0 Å². The monoisotopic (exact) mass is 401 g/mol. The molecule has 0 unspecified atom stereocenters. The van der Waals surface area contributed by atoms with Crippen LogP contribution in [0.1, 0.15) is 12.8 Å². The highest BCUT2D eigenvalue weighted by atomic mass is 19.1. The number of halogens is 1. The number of nitrogens with zero attached hydrogens (tertiary/aromatic N) is 6. The van der Waals surface area contributed by atoms with Crippen molar-refractivity contribution in [1.29, 1.82) is 0 Å². The number of nitrogens with one attached hydrogen (secondary N) is 1. The van der Waals surface area contributed by atoms with E-state index in [2.05, 4.69) is 26.3 Å². The van der Waals surface area contributed by atoms with Gasteiger partial charge in [0.15, 0.2) is 5.65 Å². The van der Waals surface area contributed by atoms with Gasteiger partial charge in [-0.3, -0.25) is 4.57 Å². The van der Waals surface area contributed by atoms with Gasteiger partial charge in [-0.15, -0.1) is 0 Å². The third kappa shape index (κ3) is 2.83. The van der Waals surface area contributed by atoms with Crippen molar-refractivity contribution in [2.24, 2.45) is 0 Å². The molecule has 30 heavy (non-hydrogen) atoms. The molecule has 7 rings (SSSR count). The summed E-state index contributed by atoms with van der Waals surface area (Å²) >= 11 is 0. The lowest BCUT2D eigenvalue weighted by Gasteiger charge is -2.46. The maximum absolute atomic E-state index is 13.5. The van der Waals surface area contributed by atoms with E-state index in [0.717, 1.165) is 35.6 Å². The molecule has 1 aromatic carbocycles. The maximum atomic E-state index is 13.5. The van der Waals surface area contributed by atoms with E-state index in [1.54, 1.807) is 18.3 Å². The smallest absolute Gasteiger partial charge is 0.168 e. The Morgan fingerprint density at radius 1 is 0.967 bits per heavy atom.